The molecule has 3 aromatic rings. The van der Waals surface area contributed by atoms with Crippen molar-refractivity contribution in [2.24, 2.45) is 0 Å². The van der Waals surface area contributed by atoms with E-state index in [2.05, 4.69) is 31.9 Å². The van der Waals surface area contributed by atoms with Gasteiger partial charge in [-0.15, -0.1) is 11.3 Å². The lowest BCUT2D eigenvalue weighted by Gasteiger charge is -2.47. The number of piperazine rings is 1. The second-order valence-corrected chi connectivity index (χ2v) is 11.6. The molecule has 0 saturated carbocycles. The fourth-order valence-electron chi connectivity index (χ4n) is 5.49. The van der Waals surface area contributed by atoms with Gasteiger partial charge in [0.15, 0.2) is 5.13 Å². The zero-order valence-electron chi connectivity index (χ0n) is 21.0. The lowest BCUT2D eigenvalue weighted by molar-refractivity contribution is 0.0607. The van der Waals surface area contributed by atoms with E-state index in [1.165, 1.54) is 6.07 Å². The monoisotopic (exact) mass is 564 g/mol. The van der Waals surface area contributed by atoms with Crippen LogP contribution in [0.4, 0.5) is 15.3 Å². The van der Waals surface area contributed by atoms with Crippen LogP contribution < -0.4 is 10.2 Å². The summed E-state index contributed by atoms with van der Waals surface area (Å²) in [5.74, 6) is 0.658. The third-order valence-electron chi connectivity index (χ3n) is 7.49. The zero-order valence-corrected chi connectivity index (χ0v) is 23.4. The number of thiazole rings is 1. The Morgan fingerprint density at radius 3 is 2.68 bits per heavy atom. The Balaban J connectivity index is 0.00000336. The summed E-state index contributed by atoms with van der Waals surface area (Å²) >= 11 is 14.2. The molecule has 0 bridgehead atoms. The molecule has 4 heterocycles. The molecular weight excluding hydrogens is 530 g/mol. The third kappa shape index (κ3) is 6.55. The number of pyridine rings is 1. The second kappa shape index (κ2) is 12.3. The van der Waals surface area contributed by atoms with E-state index in [1.807, 2.05) is 17.6 Å². The van der Waals surface area contributed by atoms with E-state index < -0.39 is 0 Å². The van der Waals surface area contributed by atoms with Crippen LogP contribution in [0.15, 0.2) is 42.0 Å². The van der Waals surface area contributed by atoms with Crippen LogP contribution in [0.1, 0.15) is 38.7 Å². The highest BCUT2D eigenvalue weighted by atomic mass is 35.5. The summed E-state index contributed by atoms with van der Waals surface area (Å²) in [6.45, 7) is 8.35. The number of aromatic nitrogens is 2. The zero-order chi connectivity index (χ0) is 25.8. The summed E-state index contributed by atoms with van der Waals surface area (Å²) in [6, 6.07) is 8.01. The van der Waals surface area contributed by atoms with Gasteiger partial charge in [0.2, 0.25) is 0 Å². The van der Waals surface area contributed by atoms with Crippen LogP contribution in [0, 0.1) is 5.82 Å². The van der Waals surface area contributed by atoms with Crippen LogP contribution in [0.2, 0.25) is 10.0 Å². The molecule has 200 valence electrons. The average molecular weight is 566 g/mol. The van der Waals surface area contributed by atoms with Crippen molar-refractivity contribution in [2.45, 2.75) is 51.4 Å². The molecule has 1 aromatic carbocycles. The second-order valence-electron chi connectivity index (χ2n) is 9.83. The molecular formula is C27H35Cl2FN6S. The number of nitrogens with zero attached hydrogens (tertiary/aromatic N) is 5. The molecule has 6 nitrogen and oxygen atoms in total. The van der Waals surface area contributed by atoms with Gasteiger partial charge < -0.3 is 10.2 Å². The molecule has 0 aliphatic carbocycles. The first-order valence-electron chi connectivity index (χ1n) is 12.9. The summed E-state index contributed by atoms with van der Waals surface area (Å²) in [5, 5.41) is 7.30. The molecule has 0 radical (unpaired) electrons. The number of halogens is 3. The maximum absolute atomic E-state index is 14.2. The molecule has 2 aliphatic rings. The number of piperidine rings is 1. The number of nitrogens with one attached hydrogen (secondary N) is 1. The number of anilines is 2. The number of hydrogen-bond acceptors (Lipinski definition) is 7. The predicted octanol–water partition coefficient (Wildman–Crippen LogP) is 6.41. The van der Waals surface area contributed by atoms with Crippen molar-refractivity contribution in [3.63, 3.8) is 0 Å². The number of hydrogen-bond donors (Lipinski definition) is 1. The van der Waals surface area contributed by atoms with Gasteiger partial charge in [-0.2, -0.15) is 0 Å². The van der Waals surface area contributed by atoms with Gasteiger partial charge in [0.1, 0.15) is 11.6 Å². The van der Waals surface area contributed by atoms with Gasteiger partial charge in [0, 0.05) is 74.6 Å². The first kappa shape index (κ1) is 26.6. The standard InChI is InChI=1S/C27H33Cl2FN6S.H2/c1-2-22-18-35(26-24(29)13-19(15-32-26)16-33-27-31-7-12-37-27)10-11-36(22)23-5-8-34(9-6-23)17-20-3-4-21(28)14-25(20)30;/h3-4,7,12-15,22-23H,2,5-6,8-11,16-18H2,1H3,(H,31,33);1H/t22-;/m0./s1. The van der Waals surface area contributed by atoms with Crippen molar-refractivity contribution in [3.8, 4) is 0 Å². The Morgan fingerprint density at radius 1 is 1.14 bits per heavy atom. The Kier molecular flexibility index (Phi) is 8.82. The molecule has 1 atom stereocenters. The van der Waals surface area contributed by atoms with Crippen LogP contribution >= 0.6 is 34.5 Å². The van der Waals surface area contributed by atoms with Gasteiger partial charge in [-0.1, -0.05) is 36.2 Å². The van der Waals surface area contributed by atoms with Gasteiger partial charge in [-0.3, -0.25) is 9.80 Å². The molecule has 10 heteroatoms. The number of benzene rings is 1. The van der Waals surface area contributed by atoms with Crippen LogP contribution in [0.3, 0.4) is 0 Å². The summed E-state index contributed by atoms with van der Waals surface area (Å²) in [6.07, 6.45) is 6.99. The maximum atomic E-state index is 14.2. The molecule has 2 aliphatic heterocycles. The minimum atomic E-state index is -0.215. The van der Waals surface area contributed by atoms with Crippen molar-refractivity contribution in [3.05, 3.63) is 69.0 Å². The smallest absolute Gasteiger partial charge is 0.182 e. The topological polar surface area (TPSA) is 47.5 Å². The van der Waals surface area contributed by atoms with Crippen molar-refractivity contribution < 1.29 is 5.82 Å². The van der Waals surface area contributed by atoms with Gasteiger partial charge in [0.05, 0.1) is 5.02 Å². The van der Waals surface area contributed by atoms with Crippen molar-refractivity contribution in [2.75, 3.05) is 42.9 Å². The predicted molar refractivity (Wildman–Crippen MR) is 154 cm³/mol. The maximum Gasteiger partial charge on any atom is 0.182 e. The highest BCUT2D eigenvalue weighted by Gasteiger charge is 2.34. The fourth-order valence-corrected chi connectivity index (χ4v) is 6.49. The van der Waals surface area contributed by atoms with Gasteiger partial charge in [-0.25, -0.2) is 14.4 Å². The molecule has 2 saturated heterocycles. The average Bonchev–Trinajstić information content (AvgIpc) is 3.43. The first-order chi connectivity index (χ1) is 18.0. The van der Waals surface area contributed by atoms with Crippen molar-refractivity contribution >= 4 is 45.5 Å². The minimum Gasteiger partial charge on any atom is -0.357 e. The molecule has 5 rings (SSSR count). The summed E-state index contributed by atoms with van der Waals surface area (Å²) in [5.41, 5.74) is 1.76. The summed E-state index contributed by atoms with van der Waals surface area (Å²) in [4.78, 5) is 16.4. The Morgan fingerprint density at radius 2 is 1.97 bits per heavy atom. The van der Waals surface area contributed by atoms with E-state index in [0.29, 0.717) is 35.2 Å². The SMILES string of the molecule is CC[C@H]1CN(c2ncc(CNc3nccs3)cc2Cl)CCN1C1CCN(Cc2ccc(Cl)cc2F)CC1.[HH]. The van der Waals surface area contributed by atoms with Gasteiger partial charge >= 0.3 is 0 Å². The highest BCUT2D eigenvalue weighted by Crippen LogP contribution is 2.30. The highest BCUT2D eigenvalue weighted by molar-refractivity contribution is 7.13. The Labute approximate surface area is 233 Å². The van der Waals surface area contributed by atoms with E-state index in [4.69, 9.17) is 28.2 Å². The van der Waals surface area contributed by atoms with E-state index in [1.54, 1.807) is 29.7 Å². The van der Waals surface area contributed by atoms with Crippen molar-refractivity contribution in [1.29, 1.82) is 0 Å². The van der Waals surface area contributed by atoms with Crippen molar-refractivity contribution in [1.82, 2.24) is 19.8 Å². The Bertz CT molecular complexity index is 1180. The molecule has 37 heavy (non-hydrogen) atoms. The number of rotatable bonds is 8. The largest absolute Gasteiger partial charge is 0.357 e. The van der Waals surface area contributed by atoms with E-state index in [9.17, 15) is 4.39 Å². The minimum absolute atomic E-state index is 0. The van der Waals surface area contributed by atoms with E-state index in [-0.39, 0.29) is 7.24 Å². The van der Waals surface area contributed by atoms with Gasteiger partial charge in [-0.05, 0) is 56.1 Å². The molecule has 0 amide bonds. The number of likely N-dealkylation sites (tertiary alicyclic amines) is 1. The molecule has 2 fully saturated rings. The molecule has 0 spiro atoms. The van der Waals surface area contributed by atoms with Crippen LogP contribution in [-0.2, 0) is 13.1 Å². The molecule has 2 aromatic heterocycles. The summed E-state index contributed by atoms with van der Waals surface area (Å²) < 4.78 is 14.2. The van der Waals surface area contributed by atoms with E-state index >= 15 is 0 Å². The first-order valence-corrected chi connectivity index (χ1v) is 14.6. The summed E-state index contributed by atoms with van der Waals surface area (Å²) in [7, 11) is 0. The van der Waals surface area contributed by atoms with Crippen LogP contribution in [0.5, 0.6) is 0 Å². The van der Waals surface area contributed by atoms with Gasteiger partial charge in [0.25, 0.3) is 0 Å². The quantitative estimate of drug-likeness (QED) is 0.341. The fraction of sp³-hybridized carbons (Fsp3) is 0.481. The van der Waals surface area contributed by atoms with Crippen LogP contribution in [0.25, 0.3) is 0 Å². The molecule has 1 N–H and O–H groups in total. The lowest BCUT2D eigenvalue weighted by atomic mass is 9.97. The third-order valence-corrected chi connectivity index (χ3v) is 8.73. The van der Waals surface area contributed by atoms with Crippen LogP contribution in [-0.4, -0.2) is 64.6 Å². The Hall–Kier alpha value is -1.97. The van der Waals surface area contributed by atoms with E-state index in [0.717, 1.165) is 74.1 Å². The lowest BCUT2D eigenvalue weighted by Crippen LogP contribution is -2.58. The normalized spacial score (nSPS) is 19.9. The molecule has 0 unspecified atom stereocenters.